The molecule has 3 aromatic rings. The summed E-state index contributed by atoms with van der Waals surface area (Å²) in [5.74, 6) is 3.02. The standard InChI is InChI=1S/C20H24N4O4/c1-5-24(11-18(25)21-15-6-8-16(26-4)9-7-15)12-19-22-23-20(28-19)17-10-13(2)27-14(17)3/h6-10H,5,11-12H2,1-4H3,(H,21,25). The fourth-order valence-corrected chi connectivity index (χ4v) is 2.82. The van der Waals surface area contributed by atoms with E-state index in [9.17, 15) is 4.79 Å². The fraction of sp³-hybridized carbons (Fsp3) is 0.350. The molecule has 0 fully saturated rings. The minimum absolute atomic E-state index is 0.118. The number of nitrogens with zero attached hydrogens (tertiary/aromatic N) is 3. The number of nitrogens with one attached hydrogen (secondary N) is 1. The van der Waals surface area contributed by atoms with E-state index >= 15 is 0 Å². The molecule has 28 heavy (non-hydrogen) atoms. The van der Waals surface area contributed by atoms with Gasteiger partial charge in [-0.25, -0.2) is 0 Å². The summed E-state index contributed by atoms with van der Waals surface area (Å²) in [6.45, 7) is 6.96. The van der Waals surface area contributed by atoms with E-state index < -0.39 is 0 Å². The number of rotatable bonds is 8. The van der Waals surface area contributed by atoms with Crippen LogP contribution in [0, 0.1) is 13.8 Å². The number of aryl methyl sites for hydroxylation is 2. The van der Waals surface area contributed by atoms with Crippen LogP contribution >= 0.6 is 0 Å². The van der Waals surface area contributed by atoms with Gasteiger partial charge in [0.1, 0.15) is 17.3 Å². The Morgan fingerprint density at radius 1 is 1.18 bits per heavy atom. The van der Waals surface area contributed by atoms with Crippen LogP contribution in [-0.4, -0.2) is 41.2 Å². The van der Waals surface area contributed by atoms with Gasteiger partial charge in [-0.2, -0.15) is 0 Å². The van der Waals surface area contributed by atoms with Gasteiger partial charge < -0.3 is 18.9 Å². The van der Waals surface area contributed by atoms with E-state index in [1.54, 1.807) is 31.4 Å². The zero-order valence-corrected chi connectivity index (χ0v) is 16.5. The Morgan fingerprint density at radius 3 is 2.54 bits per heavy atom. The van der Waals surface area contributed by atoms with Crippen molar-refractivity contribution in [1.82, 2.24) is 15.1 Å². The molecule has 0 spiro atoms. The number of ether oxygens (including phenoxy) is 1. The monoisotopic (exact) mass is 384 g/mol. The van der Waals surface area contributed by atoms with Crippen molar-refractivity contribution in [2.45, 2.75) is 27.3 Å². The van der Waals surface area contributed by atoms with E-state index in [-0.39, 0.29) is 12.5 Å². The quantitative estimate of drug-likeness (QED) is 0.636. The molecule has 0 saturated heterocycles. The van der Waals surface area contributed by atoms with Crippen molar-refractivity contribution < 1.29 is 18.4 Å². The van der Waals surface area contributed by atoms with Gasteiger partial charge in [-0.3, -0.25) is 9.69 Å². The zero-order valence-electron chi connectivity index (χ0n) is 16.5. The SMILES string of the molecule is CCN(CC(=O)Nc1ccc(OC)cc1)Cc1nnc(-c2cc(C)oc2C)o1. The van der Waals surface area contributed by atoms with Gasteiger partial charge in [0.25, 0.3) is 5.89 Å². The lowest BCUT2D eigenvalue weighted by Gasteiger charge is -2.17. The van der Waals surface area contributed by atoms with Crippen LogP contribution in [0.4, 0.5) is 5.69 Å². The zero-order chi connectivity index (χ0) is 20.1. The number of hydrogen-bond donors (Lipinski definition) is 1. The van der Waals surface area contributed by atoms with Crippen LogP contribution in [0.2, 0.25) is 0 Å². The average molecular weight is 384 g/mol. The number of hydrogen-bond acceptors (Lipinski definition) is 7. The van der Waals surface area contributed by atoms with E-state index in [2.05, 4.69) is 15.5 Å². The molecule has 148 valence electrons. The number of carbonyl (C=O) groups excluding carboxylic acids is 1. The third-order valence-corrected chi connectivity index (χ3v) is 4.29. The number of aromatic nitrogens is 2. The molecule has 0 saturated carbocycles. The van der Waals surface area contributed by atoms with Crippen molar-refractivity contribution in [3.8, 4) is 17.2 Å². The summed E-state index contributed by atoms with van der Waals surface area (Å²) in [5, 5.41) is 11.1. The molecule has 0 bridgehead atoms. The molecule has 0 aliphatic heterocycles. The molecular weight excluding hydrogens is 360 g/mol. The van der Waals surface area contributed by atoms with Crippen molar-refractivity contribution in [2.75, 3.05) is 25.5 Å². The predicted octanol–water partition coefficient (Wildman–Crippen LogP) is 3.42. The Hall–Kier alpha value is -3.13. The van der Waals surface area contributed by atoms with Crippen LogP contribution < -0.4 is 10.1 Å². The summed E-state index contributed by atoms with van der Waals surface area (Å²) in [6, 6.07) is 9.06. The Morgan fingerprint density at radius 2 is 1.93 bits per heavy atom. The first kappa shape index (κ1) is 19.6. The minimum Gasteiger partial charge on any atom is -0.497 e. The number of anilines is 1. The smallest absolute Gasteiger partial charge is 0.251 e. The molecule has 0 aliphatic carbocycles. The highest BCUT2D eigenvalue weighted by atomic mass is 16.5. The Bertz CT molecular complexity index is 930. The summed E-state index contributed by atoms with van der Waals surface area (Å²) in [7, 11) is 1.60. The second kappa shape index (κ2) is 8.71. The van der Waals surface area contributed by atoms with Crippen LogP contribution in [0.15, 0.2) is 39.2 Å². The molecule has 1 N–H and O–H groups in total. The summed E-state index contributed by atoms with van der Waals surface area (Å²) < 4.78 is 16.4. The minimum atomic E-state index is -0.118. The van der Waals surface area contributed by atoms with E-state index in [0.29, 0.717) is 30.6 Å². The van der Waals surface area contributed by atoms with Gasteiger partial charge in [0, 0.05) is 5.69 Å². The van der Waals surface area contributed by atoms with E-state index in [1.807, 2.05) is 31.7 Å². The first-order valence-corrected chi connectivity index (χ1v) is 9.04. The Kier molecular flexibility index (Phi) is 6.10. The Labute approximate surface area is 163 Å². The van der Waals surface area contributed by atoms with Gasteiger partial charge in [0.2, 0.25) is 11.8 Å². The van der Waals surface area contributed by atoms with Gasteiger partial charge in [-0.1, -0.05) is 6.92 Å². The van der Waals surface area contributed by atoms with Crippen LogP contribution in [-0.2, 0) is 11.3 Å². The van der Waals surface area contributed by atoms with Gasteiger partial charge in [0.15, 0.2) is 0 Å². The highest BCUT2D eigenvalue weighted by molar-refractivity contribution is 5.92. The summed E-state index contributed by atoms with van der Waals surface area (Å²) in [5.41, 5.74) is 1.50. The summed E-state index contributed by atoms with van der Waals surface area (Å²) in [6.07, 6.45) is 0. The van der Waals surface area contributed by atoms with Crippen LogP contribution in [0.5, 0.6) is 5.75 Å². The van der Waals surface area contributed by atoms with E-state index in [1.165, 1.54) is 0 Å². The van der Waals surface area contributed by atoms with Crippen LogP contribution in [0.25, 0.3) is 11.5 Å². The first-order valence-electron chi connectivity index (χ1n) is 9.04. The number of furan rings is 1. The highest BCUT2D eigenvalue weighted by Crippen LogP contribution is 2.25. The van der Waals surface area contributed by atoms with Crippen molar-refractivity contribution >= 4 is 11.6 Å². The fourth-order valence-electron chi connectivity index (χ4n) is 2.82. The van der Waals surface area contributed by atoms with Crippen molar-refractivity contribution in [3.63, 3.8) is 0 Å². The van der Waals surface area contributed by atoms with Gasteiger partial charge in [-0.15, -0.1) is 10.2 Å². The molecule has 1 amide bonds. The molecule has 2 aromatic heterocycles. The van der Waals surface area contributed by atoms with Crippen molar-refractivity contribution in [1.29, 1.82) is 0 Å². The maximum absolute atomic E-state index is 12.3. The highest BCUT2D eigenvalue weighted by Gasteiger charge is 2.17. The molecule has 8 nitrogen and oxygen atoms in total. The molecule has 1 aromatic carbocycles. The first-order chi connectivity index (χ1) is 13.5. The summed E-state index contributed by atoms with van der Waals surface area (Å²) in [4.78, 5) is 14.3. The second-order valence-corrected chi connectivity index (χ2v) is 6.41. The maximum atomic E-state index is 12.3. The van der Waals surface area contributed by atoms with E-state index in [4.69, 9.17) is 13.6 Å². The second-order valence-electron chi connectivity index (χ2n) is 6.41. The van der Waals surface area contributed by atoms with E-state index in [0.717, 1.165) is 22.8 Å². The number of carbonyl (C=O) groups is 1. The van der Waals surface area contributed by atoms with Gasteiger partial charge >= 0.3 is 0 Å². The lowest BCUT2D eigenvalue weighted by molar-refractivity contribution is -0.117. The summed E-state index contributed by atoms with van der Waals surface area (Å²) >= 11 is 0. The molecular formula is C20H24N4O4. The van der Waals surface area contributed by atoms with Crippen LogP contribution in [0.1, 0.15) is 24.3 Å². The van der Waals surface area contributed by atoms with Crippen LogP contribution in [0.3, 0.4) is 0 Å². The molecule has 0 radical (unpaired) electrons. The molecule has 0 aliphatic rings. The molecule has 0 unspecified atom stereocenters. The maximum Gasteiger partial charge on any atom is 0.251 e. The number of methoxy groups -OCH3 is 1. The topological polar surface area (TPSA) is 93.6 Å². The largest absolute Gasteiger partial charge is 0.497 e. The number of likely N-dealkylation sites (N-methyl/N-ethyl adjacent to an activating group) is 1. The molecule has 3 rings (SSSR count). The lowest BCUT2D eigenvalue weighted by atomic mass is 10.2. The third kappa shape index (κ3) is 4.77. The molecule has 8 heteroatoms. The number of amides is 1. The van der Waals surface area contributed by atoms with Crippen molar-refractivity contribution in [3.05, 3.63) is 47.7 Å². The Balaban J connectivity index is 1.59. The molecule has 2 heterocycles. The lowest BCUT2D eigenvalue weighted by Crippen LogP contribution is -2.32. The molecule has 0 atom stereocenters. The normalized spacial score (nSPS) is 11.0. The van der Waals surface area contributed by atoms with Gasteiger partial charge in [-0.05, 0) is 50.7 Å². The number of benzene rings is 1. The predicted molar refractivity (Wildman–Crippen MR) is 104 cm³/mol. The average Bonchev–Trinajstić information content (AvgIpc) is 3.27. The van der Waals surface area contributed by atoms with Gasteiger partial charge in [0.05, 0.1) is 25.8 Å². The van der Waals surface area contributed by atoms with Crippen molar-refractivity contribution in [2.24, 2.45) is 0 Å². The third-order valence-electron chi connectivity index (χ3n) is 4.29.